The molecule has 4 heteroatoms. The zero-order valence-electron chi connectivity index (χ0n) is 10.5. The third-order valence-electron chi connectivity index (χ3n) is 3.18. The molecule has 100 valence electrons. The maximum Gasteiger partial charge on any atom is 0.335 e. The van der Waals surface area contributed by atoms with E-state index in [4.69, 9.17) is 9.84 Å². The molecule has 0 amide bonds. The van der Waals surface area contributed by atoms with E-state index in [1.165, 1.54) is 12.1 Å². The van der Waals surface area contributed by atoms with Gasteiger partial charge in [-0.15, -0.1) is 0 Å². The summed E-state index contributed by atoms with van der Waals surface area (Å²) in [6.07, 6.45) is 0. The van der Waals surface area contributed by atoms with Crippen molar-refractivity contribution >= 4 is 11.5 Å². The lowest BCUT2D eigenvalue weighted by Crippen LogP contribution is -2.11. The van der Waals surface area contributed by atoms with Crippen LogP contribution in [0.25, 0.3) is 5.57 Å². The van der Waals surface area contributed by atoms with Crippen LogP contribution in [-0.4, -0.2) is 17.7 Å². The van der Waals surface area contributed by atoms with E-state index in [0.29, 0.717) is 22.4 Å². The molecule has 0 unspecified atom stereocenters. The molecule has 3 nitrogen and oxygen atoms in total. The molecule has 0 atom stereocenters. The van der Waals surface area contributed by atoms with Crippen LogP contribution in [0.15, 0.2) is 54.4 Å². The molecular formula is C16H11FO3. The number of hydrogen-bond donors (Lipinski definition) is 1. The number of rotatable bonds is 2. The highest BCUT2D eigenvalue weighted by molar-refractivity contribution is 5.92. The number of aromatic carboxylic acids is 1. The Hall–Kier alpha value is -2.62. The van der Waals surface area contributed by atoms with E-state index in [2.05, 4.69) is 0 Å². The summed E-state index contributed by atoms with van der Waals surface area (Å²) in [5.41, 5.74) is 1.68. The molecule has 0 bridgehead atoms. The molecule has 1 aliphatic heterocycles. The van der Waals surface area contributed by atoms with Crippen LogP contribution < -0.4 is 4.74 Å². The zero-order chi connectivity index (χ0) is 14.1. The average Bonchev–Trinajstić information content (AvgIpc) is 2.47. The minimum Gasteiger partial charge on any atom is -0.486 e. The average molecular weight is 270 g/mol. The Morgan fingerprint density at radius 2 is 1.90 bits per heavy atom. The fraction of sp³-hybridized carbons (Fsp3) is 0.0625. The van der Waals surface area contributed by atoms with Crippen LogP contribution >= 0.6 is 0 Å². The highest BCUT2D eigenvalue weighted by atomic mass is 19.1. The van der Waals surface area contributed by atoms with Crippen LogP contribution in [0, 0.1) is 0 Å². The summed E-state index contributed by atoms with van der Waals surface area (Å²) in [6, 6.07) is 13.5. The van der Waals surface area contributed by atoms with E-state index < -0.39 is 11.8 Å². The van der Waals surface area contributed by atoms with Crippen LogP contribution in [0.4, 0.5) is 4.39 Å². The van der Waals surface area contributed by atoms with Crippen molar-refractivity contribution in [3.63, 3.8) is 0 Å². The fourth-order valence-electron chi connectivity index (χ4n) is 2.26. The second kappa shape index (κ2) is 4.81. The van der Waals surface area contributed by atoms with E-state index in [-0.39, 0.29) is 12.2 Å². The molecule has 3 rings (SSSR count). The first-order valence-electron chi connectivity index (χ1n) is 6.11. The van der Waals surface area contributed by atoms with E-state index in [9.17, 15) is 9.18 Å². The van der Waals surface area contributed by atoms with Gasteiger partial charge in [-0.1, -0.05) is 30.3 Å². The van der Waals surface area contributed by atoms with Crippen molar-refractivity contribution in [3.05, 3.63) is 71.0 Å². The van der Waals surface area contributed by atoms with Crippen molar-refractivity contribution in [2.24, 2.45) is 0 Å². The van der Waals surface area contributed by atoms with Gasteiger partial charge in [-0.3, -0.25) is 0 Å². The summed E-state index contributed by atoms with van der Waals surface area (Å²) in [6.45, 7) is -0.135. The Kier molecular flexibility index (Phi) is 2.99. The number of fused-ring (bicyclic) bond motifs is 1. The Bertz CT molecular complexity index is 705. The van der Waals surface area contributed by atoms with Gasteiger partial charge in [0.25, 0.3) is 0 Å². The van der Waals surface area contributed by atoms with Gasteiger partial charge < -0.3 is 9.84 Å². The molecule has 0 saturated heterocycles. The highest BCUT2D eigenvalue weighted by Gasteiger charge is 2.23. The van der Waals surface area contributed by atoms with Gasteiger partial charge in [-0.2, -0.15) is 0 Å². The molecule has 1 aliphatic rings. The second-order valence-electron chi connectivity index (χ2n) is 4.45. The molecule has 0 saturated carbocycles. The van der Waals surface area contributed by atoms with Crippen LogP contribution in [0.1, 0.15) is 21.5 Å². The lowest BCUT2D eigenvalue weighted by Gasteiger charge is -2.21. The van der Waals surface area contributed by atoms with Gasteiger partial charge in [0, 0.05) is 11.1 Å². The van der Waals surface area contributed by atoms with E-state index in [0.717, 1.165) is 0 Å². The number of carbonyl (C=O) groups is 1. The SMILES string of the molecule is O=C(O)c1ccc2c(c1)C(c1ccccc1)=C(F)CO2. The number of halogens is 1. The second-order valence-corrected chi connectivity index (χ2v) is 4.45. The molecule has 2 aromatic carbocycles. The summed E-state index contributed by atoms with van der Waals surface area (Å²) in [4.78, 5) is 11.1. The summed E-state index contributed by atoms with van der Waals surface area (Å²) in [5, 5.41) is 9.06. The Balaban J connectivity index is 2.21. The smallest absolute Gasteiger partial charge is 0.335 e. The largest absolute Gasteiger partial charge is 0.486 e. The summed E-state index contributed by atoms with van der Waals surface area (Å²) in [7, 11) is 0. The molecule has 1 heterocycles. The molecule has 1 N–H and O–H groups in total. The van der Waals surface area contributed by atoms with Crippen molar-refractivity contribution in [2.75, 3.05) is 6.61 Å². The van der Waals surface area contributed by atoms with Crippen LogP contribution in [-0.2, 0) is 0 Å². The zero-order valence-corrected chi connectivity index (χ0v) is 10.5. The molecule has 0 fully saturated rings. The fourth-order valence-corrected chi connectivity index (χ4v) is 2.26. The Labute approximate surface area is 114 Å². The first-order chi connectivity index (χ1) is 9.66. The minimum atomic E-state index is -1.05. The summed E-state index contributed by atoms with van der Waals surface area (Å²) < 4.78 is 19.4. The predicted molar refractivity (Wildman–Crippen MR) is 72.5 cm³/mol. The van der Waals surface area contributed by atoms with Crippen molar-refractivity contribution in [1.29, 1.82) is 0 Å². The molecule has 2 aromatic rings. The molecular weight excluding hydrogens is 259 g/mol. The standard InChI is InChI=1S/C16H11FO3/c17-13-9-20-14-7-6-11(16(18)19)8-12(14)15(13)10-4-2-1-3-5-10/h1-8H,9H2,(H,18,19). The molecule has 0 spiro atoms. The quantitative estimate of drug-likeness (QED) is 0.908. The van der Waals surface area contributed by atoms with E-state index in [1.807, 2.05) is 18.2 Å². The van der Waals surface area contributed by atoms with Crippen LogP contribution in [0.3, 0.4) is 0 Å². The summed E-state index contributed by atoms with van der Waals surface area (Å²) >= 11 is 0. The number of ether oxygens (including phenoxy) is 1. The van der Waals surface area contributed by atoms with Gasteiger partial charge in [-0.05, 0) is 23.8 Å². The molecule has 0 radical (unpaired) electrons. The van der Waals surface area contributed by atoms with Crippen molar-refractivity contribution in [3.8, 4) is 5.75 Å². The van der Waals surface area contributed by atoms with Gasteiger partial charge in [0.2, 0.25) is 0 Å². The van der Waals surface area contributed by atoms with E-state index in [1.54, 1.807) is 18.2 Å². The number of carboxylic acids is 1. The summed E-state index contributed by atoms with van der Waals surface area (Å²) in [5.74, 6) is -0.951. The monoisotopic (exact) mass is 270 g/mol. The Morgan fingerprint density at radius 1 is 1.15 bits per heavy atom. The number of carboxylic acid groups (broad SMARTS) is 1. The van der Waals surface area contributed by atoms with Crippen molar-refractivity contribution < 1.29 is 19.0 Å². The van der Waals surface area contributed by atoms with Crippen molar-refractivity contribution in [2.45, 2.75) is 0 Å². The third-order valence-corrected chi connectivity index (χ3v) is 3.18. The van der Waals surface area contributed by atoms with E-state index >= 15 is 0 Å². The van der Waals surface area contributed by atoms with Gasteiger partial charge >= 0.3 is 5.97 Å². The lowest BCUT2D eigenvalue weighted by atomic mass is 9.93. The van der Waals surface area contributed by atoms with Gasteiger partial charge in [0.05, 0.1) is 5.56 Å². The number of hydrogen-bond acceptors (Lipinski definition) is 2. The Morgan fingerprint density at radius 3 is 2.60 bits per heavy atom. The van der Waals surface area contributed by atoms with Crippen molar-refractivity contribution in [1.82, 2.24) is 0 Å². The first-order valence-corrected chi connectivity index (χ1v) is 6.11. The minimum absolute atomic E-state index is 0.107. The van der Waals surface area contributed by atoms with Crippen LogP contribution in [0.2, 0.25) is 0 Å². The predicted octanol–water partition coefficient (Wildman–Crippen LogP) is 3.51. The van der Waals surface area contributed by atoms with Crippen LogP contribution in [0.5, 0.6) is 5.75 Å². The molecule has 20 heavy (non-hydrogen) atoms. The lowest BCUT2D eigenvalue weighted by molar-refractivity contribution is 0.0697. The van der Waals surface area contributed by atoms with Gasteiger partial charge in [-0.25, -0.2) is 9.18 Å². The first kappa shape index (κ1) is 12.4. The number of benzene rings is 2. The molecule has 0 aliphatic carbocycles. The van der Waals surface area contributed by atoms with Gasteiger partial charge in [0.15, 0.2) is 0 Å². The normalized spacial score (nSPS) is 13.7. The maximum atomic E-state index is 14.2. The maximum absolute atomic E-state index is 14.2. The topological polar surface area (TPSA) is 46.5 Å². The van der Waals surface area contributed by atoms with Gasteiger partial charge in [0.1, 0.15) is 18.2 Å². The third kappa shape index (κ3) is 2.05. The highest BCUT2D eigenvalue weighted by Crippen LogP contribution is 2.38. The molecule has 0 aromatic heterocycles.